The molecule has 0 atom stereocenters. The van der Waals surface area contributed by atoms with Crippen molar-refractivity contribution in [3.05, 3.63) is 47.9 Å². The molecular weight excluding hydrogens is 611 g/mol. The second-order valence-corrected chi connectivity index (χ2v) is 13.6. The molecule has 3 aliphatic rings. The van der Waals surface area contributed by atoms with Gasteiger partial charge in [-0.05, 0) is 70.3 Å². The number of piperidine rings is 1. The van der Waals surface area contributed by atoms with E-state index in [1.54, 1.807) is 31.5 Å². The third-order valence-electron chi connectivity index (χ3n) is 9.54. The number of rotatable bonds is 10. The van der Waals surface area contributed by atoms with Crippen LogP contribution in [0, 0.1) is 13.8 Å². The summed E-state index contributed by atoms with van der Waals surface area (Å²) >= 11 is 1.72. The predicted molar refractivity (Wildman–Crippen MR) is 192 cm³/mol. The van der Waals surface area contributed by atoms with Gasteiger partial charge in [-0.15, -0.1) is 0 Å². The van der Waals surface area contributed by atoms with Crippen LogP contribution in [0.4, 0.5) is 34.6 Å². The highest BCUT2D eigenvalue weighted by Crippen LogP contribution is 2.44. The van der Waals surface area contributed by atoms with Gasteiger partial charge >= 0.3 is 0 Å². The van der Waals surface area contributed by atoms with Crippen LogP contribution in [0.2, 0.25) is 0 Å². The van der Waals surface area contributed by atoms with Gasteiger partial charge in [-0.1, -0.05) is 11.9 Å². The minimum atomic E-state index is 0.462. The van der Waals surface area contributed by atoms with Crippen LogP contribution in [0.1, 0.15) is 36.8 Å². The molecule has 47 heavy (non-hydrogen) atoms. The zero-order chi connectivity index (χ0) is 32.5. The Labute approximate surface area is 281 Å². The molecule has 3 aromatic heterocycles. The van der Waals surface area contributed by atoms with E-state index in [0.717, 1.165) is 84.1 Å². The van der Waals surface area contributed by atoms with Gasteiger partial charge in [-0.2, -0.15) is 9.97 Å². The van der Waals surface area contributed by atoms with Crippen molar-refractivity contribution < 1.29 is 4.74 Å². The van der Waals surface area contributed by atoms with Crippen LogP contribution >= 0.6 is 11.9 Å². The third kappa shape index (κ3) is 6.74. The summed E-state index contributed by atoms with van der Waals surface area (Å²) in [4.78, 5) is 31.3. The van der Waals surface area contributed by atoms with Crippen molar-refractivity contribution in [2.24, 2.45) is 0 Å². The lowest BCUT2D eigenvalue weighted by molar-refractivity contribution is 0.0981. The molecule has 1 aliphatic carbocycles. The molecule has 13 heteroatoms. The highest BCUT2D eigenvalue weighted by atomic mass is 32.2. The van der Waals surface area contributed by atoms with E-state index in [9.17, 15) is 0 Å². The molecule has 4 aromatic rings. The van der Waals surface area contributed by atoms with Crippen LogP contribution in [-0.2, 0) is 0 Å². The fraction of sp³-hybridized carbons (Fsp3) is 0.500. The van der Waals surface area contributed by atoms with E-state index < -0.39 is 0 Å². The van der Waals surface area contributed by atoms with Crippen LogP contribution in [0.3, 0.4) is 0 Å². The molecular formula is C34H45N11OS. The number of nitrogens with one attached hydrogen (secondary N) is 2. The van der Waals surface area contributed by atoms with E-state index in [4.69, 9.17) is 19.7 Å². The van der Waals surface area contributed by atoms with Crippen molar-refractivity contribution in [1.29, 1.82) is 0 Å². The van der Waals surface area contributed by atoms with Gasteiger partial charge in [-0.3, -0.25) is 14.9 Å². The number of hydrogen-bond donors (Lipinski definition) is 2. The summed E-state index contributed by atoms with van der Waals surface area (Å²) in [7, 11) is 3.88. The fourth-order valence-corrected chi connectivity index (χ4v) is 7.61. The number of aryl methyl sites for hydroxylation is 2. The average molecular weight is 656 g/mol. The van der Waals surface area contributed by atoms with Crippen molar-refractivity contribution in [3.8, 4) is 5.88 Å². The first kappa shape index (κ1) is 31.6. The lowest BCUT2D eigenvalue weighted by Crippen LogP contribution is -2.52. The molecule has 0 unspecified atom stereocenters. The Morgan fingerprint density at radius 2 is 1.64 bits per heavy atom. The molecule has 12 nitrogen and oxygen atoms in total. The van der Waals surface area contributed by atoms with Gasteiger partial charge in [0.1, 0.15) is 22.8 Å². The molecule has 7 rings (SSSR count). The normalized spacial score (nSPS) is 18.0. The van der Waals surface area contributed by atoms with E-state index in [1.165, 1.54) is 25.9 Å². The Kier molecular flexibility index (Phi) is 9.20. The Morgan fingerprint density at radius 3 is 2.36 bits per heavy atom. The Hall–Kier alpha value is -3.94. The van der Waals surface area contributed by atoms with Gasteiger partial charge < -0.3 is 29.5 Å². The van der Waals surface area contributed by atoms with Gasteiger partial charge in [0.25, 0.3) is 0 Å². The molecule has 1 aromatic carbocycles. The summed E-state index contributed by atoms with van der Waals surface area (Å²) < 4.78 is 8.15. The predicted octanol–water partition coefficient (Wildman–Crippen LogP) is 5.39. The highest BCUT2D eigenvalue weighted by Gasteiger charge is 2.32. The summed E-state index contributed by atoms with van der Waals surface area (Å²) in [5, 5.41) is 7.00. The first-order valence-electron chi connectivity index (χ1n) is 16.6. The molecule has 0 radical (unpaired) electrons. The van der Waals surface area contributed by atoms with E-state index in [2.05, 4.69) is 72.0 Å². The van der Waals surface area contributed by atoms with Gasteiger partial charge in [-0.25, -0.2) is 4.98 Å². The Morgan fingerprint density at radius 1 is 0.872 bits per heavy atom. The molecule has 1 saturated carbocycles. The largest absolute Gasteiger partial charge is 0.479 e. The van der Waals surface area contributed by atoms with Crippen molar-refractivity contribution in [3.63, 3.8) is 0 Å². The van der Waals surface area contributed by atoms with Gasteiger partial charge in [0.05, 0.1) is 24.0 Å². The van der Waals surface area contributed by atoms with E-state index in [0.29, 0.717) is 29.7 Å². The van der Waals surface area contributed by atoms with E-state index in [-0.39, 0.29) is 0 Å². The number of piperazine rings is 1. The molecule has 0 amide bonds. The summed E-state index contributed by atoms with van der Waals surface area (Å²) in [6.07, 6.45) is 12.1. The quantitative estimate of drug-likeness (QED) is 0.213. The van der Waals surface area contributed by atoms with Crippen molar-refractivity contribution in [2.45, 2.75) is 51.6 Å². The average Bonchev–Trinajstić information content (AvgIpc) is 3.93. The minimum Gasteiger partial charge on any atom is -0.479 e. The summed E-state index contributed by atoms with van der Waals surface area (Å²) in [6.45, 7) is 10.8. The number of hydrogen-bond acceptors (Lipinski definition) is 13. The first-order valence-corrected chi connectivity index (χ1v) is 17.8. The van der Waals surface area contributed by atoms with Gasteiger partial charge in [0.15, 0.2) is 0 Å². The number of methoxy groups -OCH3 is 1. The number of aromatic nitrogens is 5. The molecule has 5 heterocycles. The number of fused-ring (bicyclic) bond motifs is 1. The van der Waals surface area contributed by atoms with Crippen LogP contribution in [-0.4, -0.2) is 106 Å². The van der Waals surface area contributed by atoms with Crippen LogP contribution in [0.5, 0.6) is 5.88 Å². The van der Waals surface area contributed by atoms with Crippen molar-refractivity contribution in [2.75, 3.05) is 79.5 Å². The number of benzene rings is 1. The number of nitrogens with zero attached hydrogens (tertiary/aromatic N) is 9. The summed E-state index contributed by atoms with van der Waals surface area (Å²) in [6, 6.07) is 7.30. The lowest BCUT2D eigenvalue weighted by atomic mass is 10.0. The topological polar surface area (TPSA) is 111 Å². The zero-order valence-electron chi connectivity index (χ0n) is 28.0. The molecule has 0 bridgehead atoms. The van der Waals surface area contributed by atoms with E-state index in [1.807, 2.05) is 19.2 Å². The van der Waals surface area contributed by atoms with Crippen LogP contribution in [0.25, 0.3) is 11.0 Å². The second-order valence-electron chi connectivity index (χ2n) is 12.8. The summed E-state index contributed by atoms with van der Waals surface area (Å²) in [5.41, 5.74) is 6.46. The SMILES string of the molecule is COc1nc(N2CCC(N3CCN(C)CC3)CC2)c(C)cc1Nc1ncc(C)c(Nc2ccc3nccnc3c2N(SC)C2CC2)n1. The first-order chi connectivity index (χ1) is 22.9. The van der Waals surface area contributed by atoms with E-state index >= 15 is 0 Å². The van der Waals surface area contributed by atoms with Gasteiger partial charge in [0.2, 0.25) is 11.8 Å². The fourth-order valence-electron chi connectivity index (χ4n) is 6.74. The molecule has 2 saturated heterocycles. The smallest absolute Gasteiger partial charge is 0.239 e. The number of pyridine rings is 1. The Bertz CT molecular complexity index is 1720. The maximum absolute atomic E-state index is 5.80. The number of ether oxygens (including phenoxy) is 1. The molecule has 248 valence electrons. The molecule has 2 aliphatic heterocycles. The zero-order valence-corrected chi connectivity index (χ0v) is 28.8. The standard InChI is InChI=1S/C34H45N11OS/c1-22-20-28(33(46-4)41-32(22)44-14-10-24(11-15-44)43-18-16-42(3)17-19-43)39-34-37-21-23(2)31(40-34)38-27-9-8-26-29(36-13-12-35-26)30(27)45(47-5)25-6-7-25/h8-9,12-13,20-21,24-25H,6-7,10-11,14-19H2,1-5H3,(H2,37,38,39,40). The van der Waals surface area contributed by atoms with Crippen LogP contribution < -0.4 is 24.6 Å². The monoisotopic (exact) mass is 655 g/mol. The number of likely N-dealkylation sites (N-methyl/N-ethyl adjacent to an activating group) is 1. The maximum atomic E-state index is 5.80. The van der Waals surface area contributed by atoms with Crippen molar-refractivity contribution in [1.82, 2.24) is 34.7 Å². The molecule has 2 N–H and O–H groups in total. The second kappa shape index (κ2) is 13.7. The Balaban J connectivity index is 1.10. The minimum absolute atomic E-state index is 0.462. The van der Waals surface area contributed by atoms with Crippen LogP contribution in [0.15, 0.2) is 36.8 Å². The molecule has 0 spiro atoms. The van der Waals surface area contributed by atoms with Crippen molar-refractivity contribution >= 4 is 57.6 Å². The highest BCUT2D eigenvalue weighted by molar-refractivity contribution is 8.00. The van der Waals surface area contributed by atoms with Gasteiger partial charge in [0, 0.05) is 81.8 Å². The summed E-state index contributed by atoms with van der Waals surface area (Å²) in [5.74, 6) is 2.69. The maximum Gasteiger partial charge on any atom is 0.239 e. The number of anilines is 6. The molecule has 3 fully saturated rings. The lowest BCUT2D eigenvalue weighted by Gasteiger charge is -2.42. The third-order valence-corrected chi connectivity index (χ3v) is 10.4.